The molecule has 2 aromatic carbocycles. The quantitative estimate of drug-likeness (QED) is 0.453. The fraction of sp³-hybridized carbons (Fsp3) is 0.118. The average Bonchev–Trinajstić information content (AvgIpc) is 2.58. The lowest BCUT2D eigenvalue weighted by Gasteiger charge is -2.05. The van der Waals surface area contributed by atoms with E-state index in [9.17, 15) is 9.59 Å². The summed E-state index contributed by atoms with van der Waals surface area (Å²) in [4.78, 5) is 27.9. The lowest BCUT2D eigenvalue weighted by Crippen LogP contribution is -2.26. The number of hydrogen-bond acceptors (Lipinski definition) is 4. The number of hydrogen-bond donors (Lipinski definition) is 2. The van der Waals surface area contributed by atoms with Crippen molar-refractivity contribution < 1.29 is 14.4 Å². The molecule has 130 valence electrons. The number of carbonyl (C=O) groups is 2. The number of carbonyl (C=O) groups excluding carboxylic acids is 2. The second kappa shape index (κ2) is 9.66. The van der Waals surface area contributed by atoms with Gasteiger partial charge in [-0.3, -0.25) is 14.9 Å². The minimum atomic E-state index is -0.809. The highest BCUT2D eigenvalue weighted by molar-refractivity contribution is 6.36. The van der Waals surface area contributed by atoms with E-state index in [0.29, 0.717) is 10.7 Å². The van der Waals surface area contributed by atoms with Crippen molar-refractivity contribution in [1.29, 1.82) is 0 Å². The van der Waals surface area contributed by atoms with Crippen molar-refractivity contribution in [3.63, 3.8) is 0 Å². The fourth-order valence-electron chi connectivity index (χ4n) is 1.85. The summed E-state index contributed by atoms with van der Waals surface area (Å²) in [5, 5.41) is 9.26. The van der Waals surface area contributed by atoms with Crippen LogP contribution in [0.1, 0.15) is 5.56 Å². The first-order chi connectivity index (χ1) is 12.0. The number of halogens is 2. The van der Waals surface area contributed by atoms with E-state index in [2.05, 4.69) is 20.6 Å². The van der Waals surface area contributed by atoms with Crippen molar-refractivity contribution in [3.8, 4) is 0 Å². The van der Waals surface area contributed by atoms with E-state index < -0.39 is 6.09 Å². The van der Waals surface area contributed by atoms with E-state index in [1.165, 1.54) is 12.3 Å². The molecule has 0 aromatic heterocycles. The molecule has 25 heavy (non-hydrogen) atoms. The predicted octanol–water partition coefficient (Wildman–Crippen LogP) is 3.89. The third-order valence-electron chi connectivity index (χ3n) is 2.98. The van der Waals surface area contributed by atoms with E-state index in [1.807, 2.05) is 30.3 Å². The Morgan fingerprint density at radius 2 is 1.88 bits per heavy atom. The Morgan fingerprint density at radius 3 is 2.60 bits per heavy atom. The summed E-state index contributed by atoms with van der Waals surface area (Å²) in [5.74, 6) is -0.157. The highest BCUT2D eigenvalue weighted by Gasteiger charge is 2.07. The SMILES string of the molecule is O=C(Cc1ccccc1)NC/C=N/OC(=O)Nc1ccc(Cl)cc1Cl. The van der Waals surface area contributed by atoms with Crippen LogP contribution in [0.15, 0.2) is 53.7 Å². The fourth-order valence-corrected chi connectivity index (χ4v) is 2.31. The van der Waals surface area contributed by atoms with E-state index in [1.54, 1.807) is 12.1 Å². The van der Waals surface area contributed by atoms with Crippen LogP contribution in [0, 0.1) is 0 Å². The second-order valence-corrected chi connectivity index (χ2v) is 5.73. The first-order valence-corrected chi connectivity index (χ1v) is 8.05. The molecular formula is C17H15Cl2N3O3. The molecular weight excluding hydrogens is 365 g/mol. The number of oxime groups is 1. The Hall–Kier alpha value is -2.57. The maximum Gasteiger partial charge on any atom is 0.437 e. The monoisotopic (exact) mass is 379 g/mol. The third-order valence-corrected chi connectivity index (χ3v) is 3.52. The van der Waals surface area contributed by atoms with E-state index in [-0.39, 0.29) is 23.9 Å². The maximum absolute atomic E-state index is 11.7. The first kappa shape index (κ1) is 18.8. The average molecular weight is 380 g/mol. The van der Waals surface area contributed by atoms with Crippen LogP contribution in [-0.2, 0) is 16.1 Å². The molecule has 2 rings (SSSR count). The summed E-state index contributed by atoms with van der Waals surface area (Å²) in [7, 11) is 0. The molecule has 0 unspecified atom stereocenters. The summed E-state index contributed by atoms with van der Waals surface area (Å²) in [6.45, 7) is 0.140. The number of benzene rings is 2. The molecule has 0 bridgehead atoms. The van der Waals surface area contributed by atoms with Gasteiger partial charge in [-0.25, -0.2) is 4.79 Å². The second-order valence-electron chi connectivity index (χ2n) is 4.88. The van der Waals surface area contributed by atoms with Gasteiger partial charge in [0.05, 0.1) is 29.9 Å². The summed E-state index contributed by atoms with van der Waals surface area (Å²) >= 11 is 11.7. The molecule has 0 radical (unpaired) electrons. The molecule has 6 nitrogen and oxygen atoms in total. The van der Waals surface area contributed by atoms with Gasteiger partial charge in [0.15, 0.2) is 0 Å². The largest absolute Gasteiger partial charge is 0.437 e. The summed E-state index contributed by atoms with van der Waals surface area (Å²) < 4.78 is 0. The Morgan fingerprint density at radius 1 is 1.12 bits per heavy atom. The first-order valence-electron chi connectivity index (χ1n) is 7.30. The van der Waals surface area contributed by atoms with Crippen molar-refractivity contribution in [1.82, 2.24) is 5.32 Å². The van der Waals surface area contributed by atoms with Crippen LogP contribution in [0.5, 0.6) is 0 Å². The van der Waals surface area contributed by atoms with Crippen LogP contribution in [0.2, 0.25) is 10.0 Å². The van der Waals surface area contributed by atoms with E-state index in [4.69, 9.17) is 23.2 Å². The normalized spacial score (nSPS) is 10.5. The highest BCUT2D eigenvalue weighted by Crippen LogP contribution is 2.25. The van der Waals surface area contributed by atoms with Crippen molar-refractivity contribution in [3.05, 3.63) is 64.1 Å². The zero-order valence-electron chi connectivity index (χ0n) is 13.0. The Labute approximate surface area is 154 Å². The number of rotatable bonds is 6. The number of anilines is 1. The lowest BCUT2D eigenvalue weighted by molar-refractivity contribution is -0.120. The van der Waals surface area contributed by atoms with Crippen molar-refractivity contribution in [2.75, 3.05) is 11.9 Å². The van der Waals surface area contributed by atoms with Crippen LogP contribution in [-0.4, -0.2) is 24.8 Å². The van der Waals surface area contributed by atoms with Crippen LogP contribution < -0.4 is 10.6 Å². The van der Waals surface area contributed by atoms with Gasteiger partial charge in [-0.15, -0.1) is 0 Å². The topological polar surface area (TPSA) is 79.8 Å². The Balaban J connectivity index is 1.68. The number of nitrogens with one attached hydrogen (secondary N) is 2. The molecule has 0 saturated carbocycles. The van der Waals surface area contributed by atoms with Gasteiger partial charge in [-0.2, -0.15) is 0 Å². The summed E-state index contributed by atoms with van der Waals surface area (Å²) in [5.41, 5.74) is 1.26. The van der Waals surface area contributed by atoms with Gasteiger partial charge in [0.1, 0.15) is 0 Å². The van der Waals surface area contributed by atoms with Crippen LogP contribution in [0.3, 0.4) is 0 Å². The molecule has 0 fully saturated rings. The van der Waals surface area contributed by atoms with E-state index >= 15 is 0 Å². The van der Waals surface area contributed by atoms with Gasteiger partial charge in [-0.05, 0) is 23.8 Å². The molecule has 8 heteroatoms. The van der Waals surface area contributed by atoms with Gasteiger partial charge in [0.2, 0.25) is 5.91 Å². The number of nitrogens with zero attached hydrogens (tertiary/aromatic N) is 1. The standard InChI is InChI=1S/C17H15Cl2N3O3/c18-13-6-7-15(14(19)11-13)22-17(24)25-21-9-8-20-16(23)10-12-4-2-1-3-5-12/h1-7,9,11H,8,10H2,(H,20,23)(H,22,24)/b21-9+. The van der Waals surface area contributed by atoms with Gasteiger partial charge in [0, 0.05) is 5.02 Å². The van der Waals surface area contributed by atoms with Crippen LogP contribution in [0.25, 0.3) is 0 Å². The minimum absolute atomic E-state index is 0.140. The Kier molecular flexibility index (Phi) is 7.25. The van der Waals surface area contributed by atoms with Crippen molar-refractivity contribution in [2.24, 2.45) is 5.16 Å². The predicted molar refractivity (Wildman–Crippen MR) is 98.2 cm³/mol. The van der Waals surface area contributed by atoms with Gasteiger partial charge in [-0.1, -0.05) is 58.7 Å². The molecule has 0 spiro atoms. The molecule has 2 amide bonds. The molecule has 0 atom stereocenters. The molecule has 0 aliphatic rings. The molecule has 0 aliphatic carbocycles. The van der Waals surface area contributed by atoms with E-state index in [0.717, 1.165) is 5.56 Å². The van der Waals surface area contributed by atoms with Gasteiger partial charge < -0.3 is 5.32 Å². The summed E-state index contributed by atoms with van der Waals surface area (Å²) in [6, 6.07) is 13.9. The molecule has 2 N–H and O–H groups in total. The van der Waals surface area contributed by atoms with Gasteiger partial charge in [0.25, 0.3) is 0 Å². The van der Waals surface area contributed by atoms with Crippen LogP contribution >= 0.6 is 23.2 Å². The zero-order valence-corrected chi connectivity index (χ0v) is 14.6. The van der Waals surface area contributed by atoms with Crippen molar-refractivity contribution >= 4 is 47.1 Å². The third kappa shape index (κ3) is 6.82. The summed E-state index contributed by atoms with van der Waals surface area (Å²) in [6.07, 6.45) is 0.730. The van der Waals surface area contributed by atoms with Crippen LogP contribution in [0.4, 0.5) is 10.5 Å². The van der Waals surface area contributed by atoms with Gasteiger partial charge >= 0.3 is 6.09 Å². The smallest absolute Gasteiger partial charge is 0.351 e. The highest BCUT2D eigenvalue weighted by atomic mass is 35.5. The minimum Gasteiger partial charge on any atom is -0.351 e. The number of amides is 2. The Bertz CT molecular complexity index is 767. The maximum atomic E-state index is 11.7. The molecule has 0 heterocycles. The molecule has 0 aliphatic heterocycles. The molecule has 0 saturated heterocycles. The lowest BCUT2D eigenvalue weighted by atomic mass is 10.1. The van der Waals surface area contributed by atoms with Crippen molar-refractivity contribution in [2.45, 2.75) is 6.42 Å². The zero-order chi connectivity index (χ0) is 18.1. The molecule has 2 aromatic rings.